The van der Waals surface area contributed by atoms with Crippen LogP contribution in [0.15, 0.2) is 54.6 Å². The zero-order chi connectivity index (χ0) is 23.1. The third kappa shape index (κ3) is 6.82. The number of nitrogens with one attached hydrogen (secondary N) is 2. The number of rotatable bonds is 8. The molecule has 0 bridgehead atoms. The Balaban J connectivity index is 1.59. The molecule has 32 heavy (non-hydrogen) atoms. The van der Waals surface area contributed by atoms with Crippen LogP contribution in [0.2, 0.25) is 0 Å². The molecule has 0 heterocycles. The highest BCUT2D eigenvalue weighted by atomic mass is 32.2. The van der Waals surface area contributed by atoms with Crippen molar-refractivity contribution >= 4 is 27.6 Å². The Bertz CT molecular complexity index is 1040. The highest BCUT2D eigenvalue weighted by Gasteiger charge is 2.26. The SMILES string of the molecule is CC(OC(=O)c1cccc(NS(=O)(=O)Cc2ccccc2)c1)C(=O)NC1CCCCC1C. The van der Waals surface area contributed by atoms with E-state index in [4.69, 9.17) is 4.74 Å². The smallest absolute Gasteiger partial charge is 0.338 e. The molecule has 0 aliphatic heterocycles. The molecule has 0 saturated heterocycles. The Hall–Kier alpha value is -2.87. The Morgan fingerprint density at radius 1 is 1.06 bits per heavy atom. The van der Waals surface area contributed by atoms with Crippen LogP contribution in [0.5, 0.6) is 0 Å². The predicted octanol–water partition coefficient (Wildman–Crippen LogP) is 3.87. The molecule has 3 rings (SSSR count). The van der Waals surface area contributed by atoms with Crippen molar-refractivity contribution in [1.82, 2.24) is 5.32 Å². The molecule has 1 fully saturated rings. The number of esters is 1. The second-order valence-electron chi connectivity index (χ2n) is 8.35. The summed E-state index contributed by atoms with van der Waals surface area (Å²) in [6.07, 6.45) is 3.31. The number of benzene rings is 2. The van der Waals surface area contributed by atoms with E-state index in [9.17, 15) is 18.0 Å². The van der Waals surface area contributed by atoms with Gasteiger partial charge in [-0.1, -0.05) is 56.2 Å². The van der Waals surface area contributed by atoms with Crippen molar-refractivity contribution < 1.29 is 22.7 Å². The Labute approximate surface area is 189 Å². The van der Waals surface area contributed by atoms with Crippen molar-refractivity contribution in [3.8, 4) is 0 Å². The number of sulfonamides is 1. The minimum absolute atomic E-state index is 0.0970. The molecule has 1 saturated carbocycles. The molecule has 3 atom stereocenters. The molecule has 1 aliphatic rings. The number of ether oxygens (including phenoxy) is 1. The molecule has 2 aromatic carbocycles. The van der Waals surface area contributed by atoms with Gasteiger partial charge >= 0.3 is 5.97 Å². The standard InChI is InChI=1S/C24H30N2O5S/c1-17-9-6-7-14-22(17)25-23(27)18(2)31-24(28)20-12-8-13-21(15-20)26-32(29,30)16-19-10-4-3-5-11-19/h3-5,8,10-13,15,17-18,22,26H,6-7,9,14,16H2,1-2H3,(H,25,27). The van der Waals surface area contributed by atoms with Crippen LogP contribution in [0.25, 0.3) is 0 Å². The van der Waals surface area contributed by atoms with Crippen molar-refractivity contribution in [2.24, 2.45) is 5.92 Å². The molecule has 2 aromatic rings. The first-order valence-electron chi connectivity index (χ1n) is 10.9. The summed E-state index contributed by atoms with van der Waals surface area (Å²) in [7, 11) is -3.65. The minimum Gasteiger partial charge on any atom is -0.449 e. The Morgan fingerprint density at radius 3 is 2.50 bits per heavy atom. The first-order chi connectivity index (χ1) is 15.2. The predicted molar refractivity (Wildman–Crippen MR) is 124 cm³/mol. The van der Waals surface area contributed by atoms with E-state index in [0.29, 0.717) is 11.5 Å². The van der Waals surface area contributed by atoms with E-state index in [2.05, 4.69) is 17.0 Å². The number of hydrogen-bond acceptors (Lipinski definition) is 5. The van der Waals surface area contributed by atoms with Crippen molar-refractivity contribution in [1.29, 1.82) is 0 Å². The molecule has 1 amide bonds. The summed E-state index contributed by atoms with van der Waals surface area (Å²) < 4.78 is 32.7. The molecule has 0 radical (unpaired) electrons. The van der Waals surface area contributed by atoms with Crippen LogP contribution in [-0.4, -0.2) is 32.4 Å². The molecule has 0 aromatic heterocycles. The van der Waals surface area contributed by atoms with Crippen LogP contribution in [0.4, 0.5) is 5.69 Å². The largest absolute Gasteiger partial charge is 0.449 e. The van der Waals surface area contributed by atoms with Crippen molar-refractivity contribution in [2.45, 2.75) is 57.4 Å². The number of carbonyl (C=O) groups is 2. The second-order valence-corrected chi connectivity index (χ2v) is 10.1. The Kier molecular flexibility index (Phi) is 7.90. The summed E-state index contributed by atoms with van der Waals surface area (Å²) in [5.74, 6) is -0.791. The topological polar surface area (TPSA) is 102 Å². The molecular weight excluding hydrogens is 428 g/mol. The Morgan fingerprint density at radius 2 is 1.78 bits per heavy atom. The fraction of sp³-hybridized carbons (Fsp3) is 0.417. The second kappa shape index (κ2) is 10.6. The third-order valence-electron chi connectivity index (χ3n) is 5.66. The fourth-order valence-electron chi connectivity index (χ4n) is 3.83. The van der Waals surface area contributed by atoms with Crippen LogP contribution >= 0.6 is 0 Å². The van der Waals surface area contributed by atoms with Crippen LogP contribution in [-0.2, 0) is 25.3 Å². The highest BCUT2D eigenvalue weighted by Crippen LogP contribution is 2.24. The van der Waals surface area contributed by atoms with Gasteiger partial charge in [0.25, 0.3) is 5.91 Å². The van der Waals surface area contributed by atoms with E-state index < -0.39 is 22.1 Å². The monoisotopic (exact) mass is 458 g/mol. The third-order valence-corrected chi connectivity index (χ3v) is 6.92. The quantitative estimate of drug-likeness (QED) is 0.585. The molecule has 172 valence electrons. The van der Waals surface area contributed by atoms with Crippen LogP contribution in [0, 0.1) is 5.92 Å². The maximum absolute atomic E-state index is 12.5. The molecule has 2 N–H and O–H groups in total. The molecular formula is C24H30N2O5S. The summed E-state index contributed by atoms with van der Waals surface area (Å²) >= 11 is 0. The van der Waals surface area contributed by atoms with Gasteiger partial charge in [-0.3, -0.25) is 9.52 Å². The van der Waals surface area contributed by atoms with Crippen molar-refractivity contribution in [3.05, 3.63) is 65.7 Å². The van der Waals surface area contributed by atoms with Gasteiger partial charge < -0.3 is 10.1 Å². The van der Waals surface area contributed by atoms with E-state index in [1.165, 1.54) is 25.5 Å². The average molecular weight is 459 g/mol. The summed E-state index contributed by atoms with van der Waals surface area (Å²) in [4.78, 5) is 25.0. The lowest BCUT2D eigenvalue weighted by molar-refractivity contribution is -0.130. The first kappa shape index (κ1) is 23.8. The van der Waals surface area contributed by atoms with Gasteiger partial charge in [0.05, 0.1) is 11.3 Å². The number of anilines is 1. The van der Waals surface area contributed by atoms with Crippen LogP contribution in [0.3, 0.4) is 0 Å². The zero-order valence-electron chi connectivity index (χ0n) is 18.4. The fourth-order valence-corrected chi connectivity index (χ4v) is 5.02. The molecule has 8 heteroatoms. The van der Waals surface area contributed by atoms with Gasteiger partial charge in [0, 0.05) is 11.7 Å². The minimum atomic E-state index is -3.65. The van der Waals surface area contributed by atoms with E-state index in [1.54, 1.807) is 36.4 Å². The highest BCUT2D eigenvalue weighted by molar-refractivity contribution is 7.91. The maximum Gasteiger partial charge on any atom is 0.338 e. The van der Waals surface area contributed by atoms with Crippen molar-refractivity contribution in [3.63, 3.8) is 0 Å². The summed E-state index contributed by atoms with van der Waals surface area (Å²) in [6, 6.07) is 15.0. The van der Waals surface area contributed by atoms with E-state index in [1.807, 2.05) is 6.07 Å². The van der Waals surface area contributed by atoms with Gasteiger partial charge in [0.1, 0.15) is 0 Å². The molecule has 7 nitrogen and oxygen atoms in total. The lowest BCUT2D eigenvalue weighted by Crippen LogP contribution is -2.45. The number of carbonyl (C=O) groups excluding carboxylic acids is 2. The lowest BCUT2D eigenvalue weighted by atomic mass is 9.86. The van der Waals surface area contributed by atoms with Crippen LogP contribution in [0.1, 0.15) is 55.5 Å². The number of amides is 1. The van der Waals surface area contributed by atoms with Gasteiger partial charge in [-0.05, 0) is 49.4 Å². The van der Waals surface area contributed by atoms with Gasteiger partial charge in [-0.15, -0.1) is 0 Å². The molecule has 3 unspecified atom stereocenters. The van der Waals surface area contributed by atoms with Gasteiger partial charge in [-0.25, -0.2) is 13.2 Å². The number of hydrogen-bond donors (Lipinski definition) is 2. The normalized spacial score (nSPS) is 19.6. The summed E-state index contributed by atoms with van der Waals surface area (Å²) in [6.45, 7) is 3.65. The first-order valence-corrected chi connectivity index (χ1v) is 12.5. The van der Waals surface area contributed by atoms with Gasteiger partial charge in [-0.2, -0.15) is 0 Å². The maximum atomic E-state index is 12.5. The van der Waals surface area contributed by atoms with E-state index >= 15 is 0 Å². The van der Waals surface area contributed by atoms with Gasteiger partial charge in [0.15, 0.2) is 6.10 Å². The van der Waals surface area contributed by atoms with Crippen LogP contribution < -0.4 is 10.0 Å². The van der Waals surface area contributed by atoms with Gasteiger partial charge in [0.2, 0.25) is 10.0 Å². The lowest BCUT2D eigenvalue weighted by Gasteiger charge is -2.30. The van der Waals surface area contributed by atoms with E-state index in [-0.39, 0.29) is 29.0 Å². The summed E-state index contributed by atoms with van der Waals surface area (Å²) in [5, 5.41) is 2.98. The molecule has 0 spiro atoms. The average Bonchev–Trinajstić information content (AvgIpc) is 2.75. The molecule has 1 aliphatic carbocycles. The van der Waals surface area contributed by atoms with E-state index in [0.717, 1.165) is 19.3 Å². The summed E-state index contributed by atoms with van der Waals surface area (Å²) in [5.41, 5.74) is 1.07. The zero-order valence-corrected chi connectivity index (χ0v) is 19.2. The van der Waals surface area contributed by atoms with Crippen molar-refractivity contribution in [2.75, 3.05) is 4.72 Å².